The molecule has 0 saturated heterocycles. The summed E-state index contributed by atoms with van der Waals surface area (Å²) >= 11 is 1.43. The second-order valence-electron chi connectivity index (χ2n) is 6.53. The number of hydrogen-bond acceptors (Lipinski definition) is 4. The molecule has 2 heterocycles. The number of Topliss-reactive ketones (excluding diaryl/α,β-unsaturated/α-hetero) is 2. The van der Waals surface area contributed by atoms with Crippen LogP contribution in [0.15, 0.2) is 78.9 Å². The molecule has 0 atom stereocenters. The average Bonchev–Trinajstić information content (AvgIpc) is 3.30. The largest absolute Gasteiger partial charge is 0.285 e. The Kier molecular flexibility index (Phi) is 4.07. The molecule has 4 nitrogen and oxygen atoms in total. The van der Waals surface area contributed by atoms with Crippen LogP contribution in [-0.4, -0.2) is 21.0 Å². The van der Waals surface area contributed by atoms with E-state index < -0.39 is 11.6 Å². The van der Waals surface area contributed by atoms with Crippen LogP contribution in [0.1, 0.15) is 20.8 Å². The number of carbonyl (C=O) groups excluding carboxylic acids is 2. The van der Waals surface area contributed by atoms with E-state index in [9.17, 15) is 14.0 Å². The second kappa shape index (κ2) is 6.76. The highest BCUT2D eigenvalue weighted by molar-refractivity contribution is 7.23. The molecule has 6 heteroatoms. The molecule has 0 aliphatic rings. The van der Waals surface area contributed by atoms with Crippen molar-refractivity contribution in [3.8, 4) is 11.3 Å². The second-order valence-corrected chi connectivity index (χ2v) is 7.54. The average molecular weight is 400 g/mol. The van der Waals surface area contributed by atoms with Crippen LogP contribution in [0.25, 0.3) is 26.4 Å². The summed E-state index contributed by atoms with van der Waals surface area (Å²) < 4.78 is 16.1. The number of halogens is 1. The first kappa shape index (κ1) is 17.5. The molecule has 5 rings (SSSR count). The fraction of sp³-hybridized carbons (Fsp3) is 0. The van der Waals surface area contributed by atoms with E-state index in [1.54, 1.807) is 46.9 Å². The number of thiazole rings is 1. The van der Waals surface area contributed by atoms with Crippen molar-refractivity contribution >= 4 is 38.1 Å². The van der Waals surface area contributed by atoms with Gasteiger partial charge in [-0.25, -0.2) is 9.37 Å². The van der Waals surface area contributed by atoms with Crippen molar-refractivity contribution in [3.63, 3.8) is 0 Å². The standard InChI is InChI=1S/C23H13FN2O2S/c24-16-12-10-14(11-13-16)19-20(22(28)21(27)15-6-2-1-3-7-15)26-17-8-4-5-9-18(17)29-23(26)25-19/h1-13H. The van der Waals surface area contributed by atoms with Gasteiger partial charge in [0.1, 0.15) is 17.2 Å². The summed E-state index contributed by atoms with van der Waals surface area (Å²) in [6.07, 6.45) is 0. The van der Waals surface area contributed by atoms with E-state index in [2.05, 4.69) is 4.98 Å². The highest BCUT2D eigenvalue weighted by Crippen LogP contribution is 2.33. The van der Waals surface area contributed by atoms with Gasteiger partial charge in [-0.2, -0.15) is 0 Å². The third-order valence-corrected chi connectivity index (χ3v) is 5.75. The fourth-order valence-electron chi connectivity index (χ4n) is 3.36. The Bertz CT molecular complexity index is 1390. The Labute approximate surface area is 168 Å². The van der Waals surface area contributed by atoms with Gasteiger partial charge in [-0.15, -0.1) is 0 Å². The molecule has 0 aliphatic heterocycles. The van der Waals surface area contributed by atoms with Gasteiger partial charge in [-0.3, -0.25) is 14.0 Å². The van der Waals surface area contributed by atoms with Crippen LogP contribution in [0.2, 0.25) is 0 Å². The van der Waals surface area contributed by atoms with E-state index >= 15 is 0 Å². The molecular formula is C23H13FN2O2S. The van der Waals surface area contributed by atoms with Crippen molar-refractivity contribution in [2.75, 3.05) is 0 Å². The van der Waals surface area contributed by atoms with Crippen LogP contribution >= 0.6 is 11.3 Å². The SMILES string of the molecule is O=C(C(=O)c1c(-c2ccc(F)cc2)nc2sc3ccccc3n12)c1ccccc1. The highest BCUT2D eigenvalue weighted by Gasteiger charge is 2.28. The van der Waals surface area contributed by atoms with Crippen molar-refractivity contribution in [2.24, 2.45) is 0 Å². The van der Waals surface area contributed by atoms with Crippen molar-refractivity contribution in [3.05, 3.63) is 95.9 Å². The van der Waals surface area contributed by atoms with Crippen LogP contribution in [0.4, 0.5) is 4.39 Å². The first-order valence-corrected chi connectivity index (χ1v) is 9.75. The molecule has 0 fully saturated rings. The zero-order chi connectivity index (χ0) is 20.0. The molecule has 3 aromatic carbocycles. The lowest BCUT2D eigenvalue weighted by Gasteiger charge is -2.05. The maximum absolute atomic E-state index is 13.4. The summed E-state index contributed by atoms with van der Waals surface area (Å²) in [6, 6.07) is 21.8. The molecule has 5 aromatic rings. The predicted octanol–water partition coefficient (Wildman–Crippen LogP) is 5.42. The molecule has 0 amide bonds. The van der Waals surface area contributed by atoms with Crippen LogP contribution in [0.3, 0.4) is 0 Å². The van der Waals surface area contributed by atoms with E-state index in [4.69, 9.17) is 0 Å². The van der Waals surface area contributed by atoms with E-state index in [1.165, 1.54) is 23.5 Å². The van der Waals surface area contributed by atoms with E-state index in [0.29, 0.717) is 21.8 Å². The molecule has 0 saturated carbocycles. The van der Waals surface area contributed by atoms with Crippen LogP contribution < -0.4 is 0 Å². The Balaban J connectivity index is 1.78. The van der Waals surface area contributed by atoms with Gasteiger partial charge in [0.15, 0.2) is 4.96 Å². The first-order valence-electron chi connectivity index (χ1n) is 8.93. The minimum atomic E-state index is -0.647. The maximum Gasteiger partial charge on any atom is 0.252 e. The van der Waals surface area contributed by atoms with Gasteiger partial charge in [-0.1, -0.05) is 53.8 Å². The Hall–Kier alpha value is -3.64. The van der Waals surface area contributed by atoms with Gasteiger partial charge in [0.05, 0.1) is 10.2 Å². The maximum atomic E-state index is 13.4. The molecular weight excluding hydrogens is 387 g/mol. The zero-order valence-corrected chi connectivity index (χ0v) is 15.8. The molecule has 0 radical (unpaired) electrons. The topological polar surface area (TPSA) is 51.4 Å². The van der Waals surface area contributed by atoms with Gasteiger partial charge < -0.3 is 0 Å². The quantitative estimate of drug-likeness (QED) is 0.299. The van der Waals surface area contributed by atoms with E-state index in [0.717, 1.165) is 10.2 Å². The van der Waals surface area contributed by atoms with E-state index in [-0.39, 0.29) is 11.5 Å². The lowest BCUT2D eigenvalue weighted by Crippen LogP contribution is -2.17. The summed E-state index contributed by atoms with van der Waals surface area (Å²) in [7, 11) is 0. The summed E-state index contributed by atoms with van der Waals surface area (Å²) in [5.41, 5.74) is 2.26. The number of rotatable bonds is 4. The molecule has 0 aliphatic carbocycles. The van der Waals surface area contributed by atoms with Gasteiger partial charge in [0, 0.05) is 11.1 Å². The summed E-state index contributed by atoms with van der Waals surface area (Å²) in [6.45, 7) is 0. The highest BCUT2D eigenvalue weighted by atomic mass is 32.1. The third-order valence-electron chi connectivity index (χ3n) is 4.73. The minimum absolute atomic E-state index is 0.193. The summed E-state index contributed by atoms with van der Waals surface area (Å²) in [5, 5.41) is 0. The Morgan fingerprint density at radius 1 is 0.828 bits per heavy atom. The smallest absolute Gasteiger partial charge is 0.252 e. The molecule has 0 bridgehead atoms. The number of imidazole rings is 1. The van der Waals surface area contributed by atoms with Crippen LogP contribution in [0, 0.1) is 5.82 Å². The monoisotopic (exact) mass is 400 g/mol. The molecule has 0 spiro atoms. The van der Waals surface area contributed by atoms with Crippen LogP contribution in [-0.2, 0) is 0 Å². The number of para-hydroxylation sites is 1. The van der Waals surface area contributed by atoms with Gasteiger partial charge in [0.25, 0.3) is 5.78 Å². The molecule has 0 N–H and O–H groups in total. The van der Waals surface area contributed by atoms with Gasteiger partial charge in [-0.05, 0) is 36.4 Å². The first-order chi connectivity index (χ1) is 14.1. The number of aromatic nitrogens is 2. The predicted molar refractivity (Wildman–Crippen MR) is 111 cm³/mol. The van der Waals surface area contributed by atoms with Crippen molar-refractivity contribution < 1.29 is 14.0 Å². The number of nitrogens with zero attached hydrogens (tertiary/aromatic N) is 2. The molecule has 2 aromatic heterocycles. The fourth-order valence-corrected chi connectivity index (χ4v) is 4.39. The number of hydrogen-bond donors (Lipinski definition) is 0. The number of benzene rings is 3. The van der Waals surface area contributed by atoms with Crippen molar-refractivity contribution in [1.29, 1.82) is 0 Å². The normalized spacial score (nSPS) is 11.2. The lowest BCUT2D eigenvalue weighted by atomic mass is 10.0. The summed E-state index contributed by atoms with van der Waals surface area (Å²) in [4.78, 5) is 31.5. The number of ketones is 2. The minimum Gasteiger partial charge on any atom is -0.285 e. The van der Waals surface area contributed by atoms with E-state index in [1.807, 2.05) is 24.3 Å². The zero-order valence-electron chi connectivity index (χ0n) is 15.0. The Morgan fingerprint density at radius 2 is 1.52 bits per heavy atom. The van der Waals surface area contributed by atoms with Crippen LogP contribution in [0.5, 0.6) is 0 Å². The Morgan fingerprint density at radius 3 is 2.28 bits per heavy atom. The van der Waals surface area contributed by atoms with Crippen molar-refractivity contribution in [2.45, 2.75) is 0 Å². The lowest BCUT2D eigenvalue weighted by molar-refractivity contribution is 0.0814. The molecule has 0 unspecified atom stereocenters. The van der Waals surface area contributed by atoms with Gasteiger partial charge in [0.2, 0.25) is 5.78 Å². The number of fused-ring (bicyclic) bond motifs is 3. The number of carbonyl (C=O) groups is 2. The molecule has 140 valence electrons. The third kappa shape index (κ3) is 2.85. The summed E-state index contributed by atoms with van der Waals surface area (Å²) in [5.74, 6) is -1.63. The van der Waals surface area contributed by atoms with Crippen molar-refractivity contribution in [1.82, 2.24) is 9.38 Å². The molecule has 29 heavy (non-hydrogen) atoms. The van der Waals surface area contributed by atoms with Gasteiger partial charge >= 0.3 is 0 Å².